The van der Waals surface area contributed by atoms with E-state index in [9.17, 15) is 0 Å². The molecular formula is C22H40. The first-order valence-corrected chi connectivity index (χ1v) is 9.06. The Kier molecular flexibility index (Phi) is 10.5. The molecule has 0 spiro atoms. The van der Waals surface area contributed by atoms with Crippen LogP contribution < -0.4 is 0 Å². The highest BCUT2D eigenvalue weighted by atomic mass is 14.2. The van der Waals surface area contributed by atoms with Gasteiger partial charge in [0.05, 0.1) is 0 Å². The van der Waals surface area contributed by atoms with Crippen molar-refractivity contribution in [3.63, 3.8) is 0 Å². The molecule has 128 valence electrons. The Morgan fingerprint density at radius 3 is 1.68 bits per heavy atom. The van der Waals surface area contributed by atoms with Crippen molar-refractivity contribution < 1.29 is 0 Å². The Labute approximate surface area is 140 Å². The van der Waals surface area contributed by atoms with Crippen molar-refractivity contribution >= 4 is 0 Å². The first kappa shape index (κ1) is 21.2. The third-order valence-electron chi connectivity index (χ3n) is 3.81. The quantitative estimate of drug-likeness (QED) is 0.286. The van der Waals surface area contributed by atoms with Gasteiger partial charge >= 0.3 is 0 Å². The predicted octanol–water partition coefficient (Wildman–Crippen LogP) is 7.72. The van der Waals surface area contributed by atoms with E-state index in [-0.39, 0.29) is 0 Å². The number of hydrogen-bond donors (Lipinski definition) is 0. The summed E-state index contributed by atoms with van der Waals surface area (Å²) in [7, 11) is 0. The summed E-state index contributed by atoms with van der Waals surface area (Å²) in [6.07, 6.45) is 20.0. The van der Waals surface area contributed by atoms with Crippen molar-refractivity contribution in [2.75, 3.05) is 0 Å². The van der Waals surface area contributed by atoms with Gasteiger partial charge < -0.3 is 0 Å². The summed E-state index contributed by atoms with van der Waals surface area (Å²) in [6.45, 7) is 17.8. The highest BCUT2D eigenvalue weighted by Gasteiger charge is 2.15. The molecule has 0 radical (unpaired) electrons. The largest absolute Gasteiger partial charge is 0.103 e. The SMILES string of the molecule is C=CC(CC/C=C\CC/C=C/CCC(C)(C)C)CC(C)(C)C. The Bertz CT molecular complexity index is 330. The van der Waals surface area contributed by atoms with Crippen LogP contribution >= 0.6 is 0 Å². The maximum absolute atomic E-state index is 3.99. The fraction of sp³-hybridized carbons (Fsp3) is 0.727. The minimum atomic E-state index is 0.403. The molecule has 1 unspecified atom stereocenters. The zero-order valence-corrected chi connectivity index (χ0v) is 16.1. The molecule has 22 heavy (non-hydrogen) atoms. The van der Waals surface area contributed by atoms with Crippen LogP contribution in [0.3, 0.4) is 0 Å². The fourth-order valence-corrected chi connectivity index (χ4v) is 2.58. The standard InChI is InChI=1S/C22H40/c1-8-20(19-22(5,6)7)17-15-13-11-9-10-12-14-16-18-21(2,3)4/h8,11-14,20H,1,9-10,15-19H2,2-7H3/b13-11-,14-12+. The molecule has 0 heteroatoms. The van der Waals surface area contributed by atoms with Gasteiger partial charge in [0, 0.05) is 0 Å². The van der Waals surface area contributed by atoms with Crippen LogP contribution in [0.25, 0.3) is 0 Å². The minimum Gasteiger partial charge on any atom is -0.103 e. The van der Waals surface area contributed by atoms with Gasteiger partial charge in [0.25, 0.3) is 0 Å². The molecule has 0 rings (SSSR count). The van der Waals surface area contributed by atoms with Gasteiger partial charge in [-0.15, -0.1) is 6.58 Å². The third-order valence-corrected chi connectivity index (χ3v) is 3.81. The summed E-state index contributed by atoms with van der Waals surface area (Å²) in [5.41, 5.74) is 0.861. The molecule has 0 aromatic carbocycles. The van der Waals surface area contributed by atoms with E-state index in [0.29, 0.717) is 16.7 Å². The van der Waals surface area contributed by atoms with Gasteiger partial charge in [0.15, 0.2) is 0 Å². The molecule has 0 amide bonds. The molecule has 0 N–H and O–H groups in total. The zero-order valence-electron chi connectivity index (χ0n) is 16.1. The summed E-state index contributed by atoms with van der Waals surface area (Å²) in [5, 5.41) is 0. The average molecular weight is 305 g/mol. The van der Waals surface area contributed by atoms with E-state index in [1.807, 2.05) is 0 Å². The lowest BCUT2D eigenvalue weighted by atomic mass is 9.83. The van der Waals surface area contributed by atoms with Gasteiger partial charge in [-0.25, -0.2) is 0 Å². The molecule has 0 aliphatic carbocycles. The molecule has 0 fully saturated rings. The van der Waals surface area contributed by atoms with E-state index in [4.69, 9.17) is 0 Å². The van der Waals surface area contributed by atoms with Crippen LogP contribution in [0, 0.1) is 16.7 Å². The van der Waals surface area contributed by atoms with Crippen LogP contribution in [0.2, 0.25) is 0 Å². The fourth-order valence-electron chi connectivity index (χ4n) is 2.58. The van der Waals surface area contributed by atoms with Crippen molar-refractivity contribution in [1.82, 2.24) is 0 Å². The topological polar surface area (TPSA) is 0 Å². The summed E-state index contributed by atoms with van der Waals surface area (Å²) < 4.78 is 0. The van der Waals surface area contributed by atoms with Crippen molar-refractivity contribution in [3.8, 4) is 0 Å². The van der Waals surface area contributed by atoms with Crippen molar-refractivity contribution in [1.29, 1.82) is 0 Å². The minimum absolute atomic E-state index is 0.403. The summed E-state index contributed by atoms with van der Waals surface area (Å²) in [5.74, 6) is 0.655. The molecule has 0 aliphatic rings. The van der Waals surface area contributed by atoms with E-state index in [2.05, 4.69) is 78.5 Å². The number of rotatable bonds is 10. The van der Waals surface area contributed by atoms with Gasteiger partial charge in [-0.2, -0.15) is 0 Å². The zero-order chi connectivity index (χ0) is 17.1. The maximum atomic E-state index is 3.99. The van der Waals surface area contributed by atoms with Gasteiger partial charge in [-0.3, -0.25) is 0 Å². The maximum Gasteiger partial charge on any atom is -0.0228 e. The van der Waals surface area contributed by atoms with E-state index in [1.165, 1.54) is 44.9 Å². The van der Waals surface area contributed by atoms with Crippen LogP contribution in [0.15, 0.2) is 37.0 Å². The number of unbranched alkanes of at least 4 members (excludes halogenated alkanes) is 1. The Morgan fingerprint density at radius 2 is 1.23 bits per heavy atom. The third kappa shape index (κ3) is 15.6. The molecule has 1 atom stereocenters. The van der Waals surface area contributed by atoms with Crippen LogP contribution in [-0.2, 0) is 0 Å². The van der Waals surface area contributed by atoms with Crippen molar-refractivity contribution in [2.24, 2.45) is 16.7 Å². The average Bonchev–Trinajstić information content (AvgIpc) is 2.36. The van der Waals surface area contributed by atoms with Crippen LogP contribution in [0.4, 0.5) is 0 Å². The molecule has 0 saturated heterocycles. The molecule has 0 aromatic rings. The summed E-state index contributed by atoms with van der Waals surface area (Å²) in [6, 6.07) is 0. The highest BCUT2D eigenvalue weighted by Crippen LogP contribution is 2.27. The van der Waals surface area contributed by atoms with Gasteiger partial charge in [0.2, 0.25) is 0 Å². The molecule has 0 aliphatic heterocycles. The second-order valence-corrected chi connectivity index (χ2v) is 8.96. The van der Waals surface area contributed by atoms with E-state index in [1.54, 1.807) is 0 Å². The molecule has 0 nitrogen and oxygen atoms in total. The van der Waals surface area contributed by atoms with Crippen molar-refractivity contribution in [3.05, 3.63) is 37.0 Å². The molecule has 0 bridgehead atoms. The molecular weight excluding hydrogens is 264 g/mol. The highest BCUT2D eigenvalue weighted by molar-refractivity contribution is 4.90. The molecule has 0 saturated carbocycles. The lowest BCUT2D eigenvalue weighted by Gasteiger charge is -2.23. The Morgan fingerprint density at radius 1 is 0.727 bits per heavy atom. The first-order valence-electron chi connectivity index (χ1n) is 9.06. The monoisotopic (exact) mass is 304 g/mol. The number of hydrogen-bond acceptors (Lipinski definition) is 0. The van der Waals surface area contributed by atoms with Crippen molar-refractivity contribution in [2.45, 2.75) is 86.5 Å². The van der Waals surface area contributed by atoms with E-state index in [0.717, 1.165) is 0 Å². The summed E-state index contributed by atoms with van der Waals surface area (Å²) in [4.78, 5) is 0. The predicted molar refractivity (Wildman–Crippen MR) is 103 cm³/mol. The smallest absolute Gasteiger partial charge is 0.0228 e. The van der Waals surface area contributed by atoms with Crippen LogP contribution in [-0.4, -0.2) is 0 Å². The van der Waals surface area contributed by atoms with E-state index >= 15 is 0 Å². The van der Waals surface area contributed by atoms with E-state index < -0.39 is 0 Å². The number of allylic oxidation sites excluding steroid dienone is 5. The Hall–Kier alpha value is -0.780. The lowest BCUT2D eigenvalue weighted by molar-refractivity contribution is 0.317. The van der Waals surface area contributed by atoms with Crippen LogP contribution in [0.1, 0.15) is 86.5 Å². The Balaban J connectivity index is 3.70. The van der Waals surface area contributed by atoms with Gasteiger partial charge in [-0.1, -0.05) is 71.9 Å². The van der Waals surface area contributed by atoms with Crippen LogP contribution in [0.5, 0.6) is 0 Å². The van der Waals surface area contributed by atoms with Gasteiger partial charge in [-0.05, 0) is 61.7 Å². The molecule has 0 heterocycles. The second kappa shape index (κ2) is 10.9. The normalized spacial score (nSPS) is 14.8. The summed E-state index contributed by atoms with van der Waals surface area (Å²) >= 11 is 0. The lowest BCUT2D eigenvalue weighted by Crippen LogP contribution is -2.11. The second-order valence-electron chi connectivity index (χ2n) is 8.96. The van der Waals surface area contributed by atoms with Gasteiger partial charge in [0.1, 0.15) is 0 Å². The molecule has 0 aromatic heterocycles. The first-order chi connectivity index (χ1) is 10.1.